The average molecular weight is 244 g/mol. The number of rotatable bonds is 4. The molecule has 0 atom stereocenters. The summed E-state index contributed by atoms with van der Waals surface area (Å²) in [4.78, 5) is 15.6. The van der Waals surface area contributed by atoms with Gasteiger partial charge in [-0.15, -0.1) is 0 Å². The maximum Gasteiger partial charge on any atom is 0.244 e. The highest BCUT2D eigenvalue weighted by Crippen LogP contribution is 2.07. The van der Waals surface area contributed by atoms with Crippen LogP contribution in [0.5, 0.6) is 0 Å². The van der Waals surface area contributed by atoms with Gasteiger partial charge in [0.15, 0.2) is 0 Å². The first-order chi connectivity index (χ1) is 8.34. The monoisotopic (exact) mass is 244 g/mol. The number of thiophene rings is 1. The lowest BCUT2D eigenvalue weighted by atomic mass is 10.3. The fraction of sp³-hybridized carbons (Fsp3) is 0.0769. The summed E-state index contributed by atoms with van der Waals surface area (Å²) in [6.45, 7) is 0.452. The highest BCUT2D eigenvalue weighted by Gasteiger charge is 1.96. The van der Waals surface area contributed by atoms with Crippen molar-refractivity contribution in [3.63, 3.8) is 0 Å². The van der Waals surface area contributed by atoms with Gasteiger partial charge in [-0.3, -0.25) is 9.78 Å². The fourth-order valence-electron chi connectivity index (χ4n) is 1.28. The van der Waals surface area contributed by atoms with Crippen molar-refractivity contribution in [2.75, 3.05) is 0 Å². The molecule has 2 heterocycles. The van der Waals surface area contributed by atoms with Gasteiger partial charge in [0, 0.05) is 12.3 Å². The van der Waals surface area contributed by atoms with E-state index in [1.165, 1.54) is 6.08 Å². The minimum Gasteiger partial charge on any atom is -0.347 e. The first-order valence-electron chi connectivity index (χ1n) is 5.22. The van der Waals surface area contributed by atoms with E-state index in [0.717, 1.165) is 11.3 Å². The zero-order chi connectivity index (χ0) is 11.9. The van der Waals surface area contributed by atoms with E-state index in [2.05, 4.69) is 10.3 Å². The lowest BCUT2D eigenvalue weighted by Gasteiger charge is -2.00. The summed E-state index contributed by atoms with van der Waals surface area (Å²) in [6.07, 6.45) is 5.04. The predicted molar refractivity (Wildman–Crippen MR) is 69.4 cm³/mol. The lowest BCUT2D eigenvalue weighted by Crippen LogP contribution is -2.20. The third kappa shape index (κ3) is 3.85. The van der Waals surface area contributed by atoms with Gasteiger partial charge < -0.3 is 5.32 Å². The van der Waals surface area contributed by atoms with Gasteiger partial charge in [0.2, 0.25) is 5.91 Å². The summed E-state index contributed by atoms with van der Waals surface area (Å²) < 4.78 is 0. The van der Waals surface area contributed by atoms with Gasteiger partial charge in [-0.2, -0.15) is 11.3 Å². The van der Waals surface area contributed by atoms with Crippen LogP contribution in [0, 0.1) is 0 Å². The second kappa shape index (κ2) is 5.96. The van der Waals surface area contributed by atoms with Crippen LogP contribution in [0.1, 0.15) is 11.3 Å². The summed E-state index contributed by atoms with van der Waals surface area (Å²) in [6, 6.07) is 7.59. The standard InChI is InChI=1S/C13H12N2OS/c16-13(5-4-11-6-8-17-10-11)15-9-12-3-1-2-7-14-12/h1-8,10H,9H2,(H,15,16)/b5-4+. The molecule has 17 heavy (non-hydrogen) atoms. The molecule has 0 saturated carbocycles. The Hall–Kier alpha value is -1.94. The van der Waals surface area contributed by atoms with E-state index in [1.807, 2.05) is 35.0 Å². The minimum atomic E-state index is -0.109. The molecular weight excluding hydrogens is 232 g/mol. The molecule has 0 spiro atoms. The molecule has 0 fully saturated rings. The number of hydrogen-bond acceptors (Lipinski definition) is 3. The number of carbonyl (C=O) groups excluding carboxylic acids is 1. The van der Waals surface area contributed by atoms with Crippen LogP contribution in [0.15, 0.2) is 47.3 Å². The second-order valence-corrected chi connectivity index (χ2v) is 4.21. The van der Waals surface area contributed by atoms with Crippen LogP contribution >= 0.6 is 11.3 Å². The topological polar surface area (TPSA) is 42.0 Å². The molecule has 0 unspecified atom stereocenters. The second-order valence-electron chi connectivity index (χ2n) is 3.43. The molecule has 1 N–H and O–H groups in total. The number of aromatic nitrogens is 1. The van der Waals surface area contributed by atoms with E-state index in [0.29, 0.717) is 6.54 Å². The number of amides is 1. The first-order valence-corrected chi connectivity index (χ1v) is 6.17. The molecule has 0 radical (unpaired) electrons. The molecular formula is C13H12N2OS. The first kappa shape index (κ1) is 11.5. The summed E-state index contributed by atoms with van der Waals surface area (Å²) in [5, 5.41) is 6.74. The molecule has 0 aliphatic heterocycles. The number of nitrogens with one attached hydrogen (secondary N) is 1. The van der Waals surface area contributed by atoms with E-state index >= 15 is 0 Å². The maximum atomic E-state index is 11.5. The molecule has 4 heteroatoms. The highest BCUT2D eigenvalue weighted by molar-refractivity contribution is 7.08. The average Bonchev–Trinajstić information content (AvgIpc) is 2.88. The molecule has 3 nitrogen and oxygen atoms in total. The third-order valence-electron chi connectivity index (χ3n) is 2.14. The molecule has 2 aromatic rings. The van der Waals surface area contributed by atoms with Crippen molar-refractivity contribution in [1.29, 1.82) is 0 Å². The zero-order valence-electron chi connectivity index (χ0n) is 9.17. The van der Waals surface area contributed by atoms with Gasteiger partial charge in [0.25, 0.3) is 0 Å². The predicted octanol–water partition coefficient (Wildman–Crippen LogP) is 2.47. The minimum absolute atomic E-state index is 0.109. The van der Waals surface area contributed by atoms with Crippen molar-refractivity contribution in [3.8, 4) is 0 Å². The van der Waals surface area contributed by atoms with Crippen molar-refractivity contribution in [2.45, 2.75) is 6.54 Å². The number of carbonyl (C=O) groups is 1. The Labute approximate surface area is 104 Å². The Bertz CT molecular complexity index is 491. The summed E-state index contributed by atoms with van der Waals surface area (Å²) >= 11 is 1.61. The number of hydrogen-bond donors (Lipinski definition) is 1. The van der Waals surface area contributed by atoms with Crippen LogP contribution in [0.2, 0.25) is 0 Å². The summed E-state index contributed by atoms with van der Waals surface area (Å²) in [5.41, 5.74) is 1.90. The molecule has 0 aliphatic carbocycles. The van der Waals surface area contributed by atoms with Crippen LogP contribution in [0.3, 0.4) is 0 Å². The van der Waals surface area contributed by atoms with Crippen LogP contribution in [-0.4, -0.2) is 10.9 Å². The number of pyridine rings is 1. The quantitative estimate of drug-likeness (QED) is 0.839. The molecule has 1 amide bonds. The molecule has 0 bridgehead atoms. The zero-order valence-corrected chi connectivity index (χ0v) is 9.98. The van der Waals surface area contributed by atoms with Crippen LogP contribution in [0.4, 0.5) is 0 Å². The van der Waals surface area contributed by atoms with Crippen LogP contribution in [0.25, 0.3) is 6.08 Å². The van der Waals surface area contributed by atoms with Crippen molar-refractivity contribution in [3.05, 3.63) is 58.6 Å². The SMILES string of the molecule is O=C(/C=C/c1ccsc1)NCc1ccccn1. The van der Waals surface area contributed by atoms with Crippen LogP contribution in [-0.2, 0) is 11.3 Å². The third-order valence-corrected chi connectivity index (χ3v) is 2.84. The molecule has 2 rings (SSSR count). The van der Waals surface area contributed by atoms with Gasteiger partial charge in [0.1, 0.15) is 0 Å². The Morgan fingerprint density at radius 1 is 1.41 bits per heavy atom. The Kier molecular flexibility index (Phi) is 4.05. The van der Waals surface area contributed by atoms with Crippen LogP contribution < -0.4 is 5.32 Å². The largest absolute Gasteiger partial charge is 0.347 e. The van der Waals surface area contributed by atoms with Crippen molar-refractivity contribution in [1.82, 2.24) is 10.3 Å². The normalized spacial score (nSPS) is 10.6. The van der Waals surface area contributed by atoms with E-state index in [4.69, 9.17) is 0 Å². The molecule has 0 saturated heterocycles. The van der Waals surface area contributed by atoms with Gasteiger partial charge in [-0.1, -0.05) is 6.07 Å². The van der Waals surface area contributed by atoms with E-state index < -0.39 is 0 Å². The van der Waals surface area contributed by atoms with Gasteiger partial charge in [-0.25, -0.2) is 0 Å². The van der Waals surface area contributed by atoms with Crippen molar-refractivity contribution < 1.29 is 4.79 Å². The van der Waals surface area contributed by atoms with Gasteiger partial charge >= 0.3 is 0 Å². The maximum absolute atomic E-state index is 11.5. The van der Waals surface area contributed by atoms with Gasteiger partial charge in [-0.05, 0) is 40.6 Å². The van der Waals surface area contributed by atoms with E-state index in [9.17, 15) is 4.79 Å². The molecule has 86 valence electrons. The van der Waals surface area contributed by atoms with Crippen molar-refractivity contribution in [2.24, 2.45) is 0 Å². The Balaban J connectivity index is 1.82. The van der Waals surface area contributed by atoms with Gasteiger partial charge in [0.05, 0.1) is 12.2 Å². The highest BCUT2D eigenvalue weighted by atomic mass is 32.1. The number of nitrogens with zero attached hydrogens (tertiary/aromatic N) is 1. The molecule has 0 aliphatic rings. The molecule has 2 aromatic heterocycles. The summed E-state index contributed by atoms with van der Waals surface area (Å²) in [7, 11) is 0. The van der Waals surface area contributed by atoms with E-state index in [1.54, 1.807) is 23.6 Å². The summed E-state index contributed by atoms with van der Waals surface area (Å²) in [5.74, 6) is -0.109. The lowest BCUT2D eigenvalue weighted by molar-refractivity contribution is -0.116. The fourth-order valence-corrected chi connectivity index (χ4v) is 1.91. The van der Waals surface area contributed by atoms with E-state index in [-0.39, 0.29) is 5.91 Å². The smallest absolute Gasteiger partial charge is 0.244 e. The van der Waals surface area contributed by atoms with Crippen molar-refractivity contribution >= 4 is 23.3 Å². The molecule has 0 aromatic carbocycles. The Morgan fingerprint density at radius 2 is 2.35 bits per heavy atom. The Morgan fingerprint density at radius 3 is 3.06 bits per heavy atom.